The van der Waals surface area contributed by atoms with Crippen LogP contribution in [-0.4, -0.2) is 22.7 Å². The molecule has 0 aliphatic carbocycles. The minimum Gasteiger partial charge on any atom is -0.368 e. The van der Waals surface area contributed by atoms with Crippen molar-refractivity contribution < 1.29 is 9.59 Å². The predicted molar refractivity (Wildman–Crippen MR) is 59.0 cm³/mol. The summed E-state index contributed by atoms with van der Waals surface area (Å²) in [6.45, 7) is 5.56. The first kappa shape index (κ1) is 13.4. The van der Waals surface area contributed by atoms with Gasteiger partial charge in [-0.25, -0.2) is 0 Å². The molecule has 2 unspecified atom stereocenters. The number of hydrogen-bond acceptors (Lipinski definition) is 2. The van der Waals surface area contributed by atoms with Gasteiger partial charge in [0, 0.05) is 0 Å². The Morgan fingerprint density at radius 2 is 1.93 bits per heavy atom. The standard InChI is InChI=1S/C9H17BrN2O2/c1-4-6(10)9(14)12-7(5(2)3)8(11)13/h5-7H,4H2,1-3H3,(H2,11,13)(H,12,14). The Bertz CT molecular complexity index is 219. The number of primary amides is 1. The van der Waals surface area contributed by atoms with Gasteiger partial charge >= 0.3 is 0 Å². The van der Waals surface area contributed by atoms with Crippen molar-refractivity contribution in [1.82, 2.24) is 5.32 Å². The molecule has 0 spiro atoms. The monoisotopic (exact) mass is 264 g/mol. The minimum atomic E-state index is -0.589. The molecule has 0 aliphatic heterocycles. The molecule has 0 fully saturated rings. The number of nitrogens with two attached hydrogens (primary N) is 1. The van der Waals surface area contributed by atoms with Crippen LogP contribution < -0.4 is 11.1 Å². The molecule has 2 amide bonds. The first-order valence-electron chi connectivity index (χ1n) is 4.63. The van der Waals surface area contributed by atoms with E-state index in [2.05, 4.69) is 21.2 Å². The zero-order valence-corrected chi connectivity index (χ0v) is 10.3. The van der Waals surface area contributed by atoms with Gasteiger partial charge in [0.1, 0.15) is 6.04 Å². The van der Waals surface area contributed by atoms with Crippen LogP contribution in [0.5, 0.6) is 0 Å². The fourth-order valence-corrected chi connectivity index (χ4v) is 1.13. The van der Waals surface area contributed by atoms with E-state index in [4.69, 9.17) is 5.73 Å². The van der Waals surface area contributed by atoms with Crippen LogP contribution >= 0.6 is 15.9 Å². The van der Waals surface area contributed by atoms with Crippen LogP contribution in [-0.2, 0) is 9.59 Å². The molecule has 82 valence electrons. The molecule has 0 saturated heterocycles. The zero-order chi connectivity index (χ0) is 11.3. The van der Waals surface area contributed by atoms with E-state index in [9.17, 15) is 9.59 Å². The molecule has 0 radical (unpaired) electrons. The fraction of sp³-hybridized carbons (Fsp3) is 0.778. The van der Waals surface area contributed by atoms with Gasteiger partial charge in [-0.1, -0.05) is 36.7 Å². The molecular formula is C9H17BrN2O2. The number of nitrogens with one attached hydrogen (secondary N) is 1. The SMILES string of the molecule is CCC(Br)C(=O)NC(C(N)=O)C(C)C. The number of rotatable bonds is 5. The van der Waals surface area contributed by atoms with Crippen LogP contribution in [0.15, 0.2) is 0 Å². The van der Waals surface area contributed by atoms with E-state index in [0.29, 0.717) is 6.42 Å². The molecule has 0 aliphatic rings. The molecule has 0 saturated carbocycles. The van der Waals surface area contributed by atoms with Crippen molar-refractivity contribution in [2.24, 2.45) is 11.7 Å². The zero-order valence-electron chi connectivity index (χ0n) is 8.71. The molecule has 5 heteroatoms. The Morgan fingerprint density at radius 3 is 2.21 bits per heavy atom. The van der Waals surface area contributed by atoms with Crippen molar-refractivity contribution in [3.8, 4) is 0 Å². The van der Waals surface area contributed by atoms with Crippen LogP contribution in [0.3, 0.4) is 0 Å². The van der Waals surface area contributed by atoms with E-state index in [1.54, 1.807) is 0 Å². The highest BCUT2D eigenvalue weighted by atomic mass is 79.9. The lowest BCUT2D eigenvalue weighted by atomic mass is 10.0. The number of amides is 2. The van der Waals surface area contributed by atoms with Gasteiger partial charge in [-0.05, 0) is 12.3 Å². The maximum absolute atomic E-state index is 11.4. The Morgan fingerprint density at radius 1 is 1.43 bits per heavy atom. The van der Waals surface area contributed by atoms with Gasteiger partial charge in [0.15, 0.2) is 0 Å². The van der Waals surface area contributed by atoms with Crippen LogP contribution in [0.25, 0.3) is 0 Å². The van der Waals surface area contributed by atoms with Crippen LogP contribution in [0.2, 0.25) is 0 Å². The fourth-order valence-electron chi connectivity index (χ4n) is 0.995. The Kier molecular flexibility index (Phi) is 5.76. The highest BCUT2D eigenvalue weighted by molar-refractivity contribution is 9.10. The van der Waals surface area contributed by atoms with E-state index < -0.39 is 11.9 Å². The second-order valence-electron chi connectivity index (χ2n) is 3.51. The van der Waals surface area contributed by atoms with Crippen LogP contribution in [0, 0.1) is 5.92 Å². The van der Waals surface area contributed by atoms with E-state index in [-0.39, 0.29) is 16.7 Å². The highest BCUT2D eigenvalue weighted by Gasteiger charge is 2.23. The highest BCUT2D eigenvalue weighted by Crippen LogP contribution is 2.07. The van der Waals surface area contributed by atoms with Gasteiger partial charge < -0.3 is 11.1 Å². The van der Waals surface area contributed by atoms with E-state index in [1.165, 1.54) is 0 Å². The van der Waals surface area contributed by atoms with E-state index in [0.717, 1.165) is 0 Å². The Labute approximate surface area is 92.7 Å². The minimum absolute atomic E-state index is 0.00741. The normalized spacial score (nSPS) is 14.9. The summed E-state index contributed by atoms with van der Waals surface area (Å²) in [5.74, 6) is -0.679. The molecule has 3 N–H and O–H groups in total. The molecule has 0 aromatic heterocycles. The van der Waals surface area contributed by atoms with Gasteiger partial charge in [0.05, 0.1) is 4.83 Å². The largest absolute Gasteiger partial charge is 0.368 e. The molecule has 0 aromatic rings. The van der Waals surface area contributed by atoms with Crippen molar-refractivity contribution in [1.29, 1.82) is 0 Å². The van der Waals surface area contributed by atoms with Crippen molar-refractivity contribution in [3.63, 3.8) is 0 Å². The second-order valence-corrected chi connectivity index (χ2v) is 4.61. The summed E-state index contributed by atoms with van der Waals surface area (Å²) in [5.41, 5.74) is 5.16. The van der Waals surface area contributed by atoms with E-state index in [1.807, 2.05) is 20.8 Å². The third-order valence-electron chi connectivity index (χ3n) is 1.91. The summed E-state index contributed by atoms with van der Waals surface area (Å²) in [7, 11) is 0. The van der Waals surface area contributed by atoms with Gasteiger partial charge in [-0.15, -0.1) is 0 Å². The molecule has 4 nitrogen and oxygen atoms in total. The third-order valence-corrected chi connectivity index (χ3v) is 2.98. The number of alkyl halides is 1. The molecule has 0 bridgehead atoms. The topological polar surface area (TPSA) is 72.2 Å². The maximum atomic E-state index is 11.4. The number of carbonyl (C=O) groups is 2. The van der Waals surface area contributed by atoms with Crippen molar-refractivity contribution >= 4 is 27.7 Å². The number of carbonyl (C=O) groups excluding carboxylic acids is 2. The average molecular weight is 265 g/mol. The average Bonchev–Trinajstić information content (AvgIpc) is 2.11. The van der Waals surface area contributed by atoms with Crippen LogP contribution in [0.4, 0.5) is 0 Å². The molecule has 0 heterocycles. The number of hydrogen-bond donors (Lipinski definition) is 2. The second kappa shape index (κ2) is 6.01. The summed E-state index contributed by atoms with van der Waals surface area (Å²) in [6, 6.07) is -0.589. The van der Waals surface area contributed by atoms with Gasteiger partial charge in [0.25, 0.3) is 0 Å². The lowest BCUT2D eigenvalue weighted by Crippen LogP contribution is -2.49. The third kappa shape index (κ3) is 4.09. The van der Waals surface area contributed by atoms with E-state index >= 15 is 0 Å². The Hall–Kier alpha value is -0.580. The van der Waals surface area contributed by atoms with Crippen molar-refractivity contribution in [2.75, 3.05) is 0 Å². The van der Waals surface area contributed by atoms with Gasteiger partial charge in [-0.3, -0.25) is 9.59 Å². The van der Waals surface area contributed by atoms with Gasteiger partial charge in [0.2, 0.25) is 11.8 Å². The molecule has 14 heavy (non-hydrogen) atoms. The number of halogens is 1. The molecule has 0 rings (SSSR count). The molecule has 0 aromatic carbocycles. The van der Waals surface area contributed by atoms with Gasteiger partial charge in [-0.2, -0.15) is 0 Å². The Balaban J connectivity index is 4.31. The summed E-state index contributed by atoms with van der Waals surface area (Å²) >= 11 is 3.20. The first-order chi connectivity index (χ1) is 6.40. The quantitative estimate of drug-likeness (QED) is 0.721. The summed E-state index contributed by atoms with van der Waals surface area (Å²) in [5, 5.41) is 2.61. The van der Waals surface area contributed by atoms with Crippen LogP contribution in [0.1, 0.15) is 27.2 Å². The summed E-state index contributed by atoms with van der Waals surface area (Å²) in [6.07, 6.45) is 0.676. The maximum Gasteiger partial charge on any atom is 0.240 e. The lowest BCUT2D eigenvalue weighted by Gasteiger charge is -2.20. The summed E-state index contributed by atoms with van der Waals surface area (Å²) < 4.78 is 0. The first-order valence-corrected chi connectivity index (χ1v) is 5.55. The molecular weight excluding hydrogens is 248 g/mol. The molecule has 2 atom stereocenters. The smallest absolute Gasteiger partial charge is 0.240 e. The van der Waals surface area contributed by atoms with Crippen molar-refractivity contribution in [2.45, 2.75) is 38.1 Å². The van der Waals surface area contributed by atoms with Crippen molar-refractivity contribution in [3.05, 3.63) is 0 Å². The summed E-state index contributed by atoms with van der Waals surface area (Å²) in [4.78, 5) is 22.1. The predicted octanol–water partition coefficient (Wildman–Crippen LogP) is 0.786. The lowest BCUT2D eigenvalue weighted by molar-refractivity contribution is -0.127.